The van der Waals surface area contributed by atoms with E-state index in [1.54, 1.807) is 11.3 Å². The number of hydrogen-bond acceptors (Lipinski definition) is 5. The van der Waals surface area contributed by atoms with E-state index in [1.807, 2.05) is 17.4 Å². The van der Waals surface area contributed by atoms with E-state index in [4.69, 9.17) is 15.0 Å². The third-order valence-electron chi connectivity index (χ3n) is 9.09. The standard InChI is InChI=1S/C43H25N3S2/c1-3-12-26(13-4-1)35-25-36(46-43(45-35)32-19-11-18-30-29-16-8-10-21-37(29)47-41(30)32)28-22-23-38-33(24-28)39-40(27-14-5-2-6-15-27)44-34-20-9-7-17-31(34)42(39)48-38/h1-25H. The Kier molecular flexibility index (Phi) is 6.22. The lowest BCUT2D eigenvalue weighted by molar-refractivity contribution is 1.19. The third-order valence-corrected chi connectivity index (χ3v) is 11.5. The van der Waals surface area contributed by atoms with Gasteiger partial charge in [-0.05, 0) is 36.4 Å². The van der Waals surface area contributed by atoms with Crippen LogP contribution in [0.25, 0.3) is 96.4 Å². The van der Waals surface area contributed by atoms with Crippen molar-refractivity contribution >= 4 is 73.9 Å². The van der Waals surface area contributed by atoms with Crippen molar-refractivity contribution in [2.45, 2.75) is 0 Å². The minimum absolute atomic E-state index is 0.733. The minimum Gasteiger partial charge on any atom is -0.247 e. The number of thiophene rings is 2. The summed E-state index contributed by atoms with van der Waals surface area (Å²) in [4.78, 5) is 15.7. The van der Waals surface area contributed by atoms with Crippen LogP contribution in [0.3, 0.4) is 0 Å². The Morgan fingerprint density at radius 2 is 1.04 bits per heavy atom. The van der Waals surface area contributed by atoms with Crippen molar-refractivity contribution in [1.29, 1.82) is 0 Å². The van der Waals surface area contributed by atoms with E-state index >= 15 is 0 Å². The van der Waals surface area contributed by atoms with Gasteiger partial charge in [-0.3, -0.25) is 0 Å². The summed E-state index contributed by atoms with van der Waals surface area (Å²) >= 11 is 3.64. The van der Waals surface area contributed by atoms with Gasteiger partial charge in [-0.1, -0.05) is 115 Å². The molecule has 0 saturated carbocycles. The summed E-state index contributed by atoms with van der Waals surface area (Å²) in [5.41, 5.74) is 8.11. The van der Waals surface area contributed by atoms with Crippen molar-refractivity contribution in [1.82, 2.24) is 15.0 Å². The van der Waals surface area contributed by atoms with Crippen LogP contribution in [-0.2, 0) is 0 Å². The average molecular weight is 648 g/mol. The number of rotatable bonds is 4. The molecule has 6 aromatic carbocycles. The van der Waals surface area contributed by atoms with Crippen LogP contribution < -0.4 is 0 Å². The summed E-state index contributed by atoms with van der Waals surface area (Å²) in [6.45, 7) is 0. The highest BCUT2D eigenvalue weighted by molar-refractivity contribution is 7.27. The Labute approximate surface area is 284 Å². The molecule has 0 aliphatic rings. The first-order chi connectivity index (χ1) is 23.8. The first kappa shape index (κ1) is 27.4. The Bertz CT molecular complexity index is 2840. The van der Waals surface area contributed by atoms with Crippen LogP contribution in [0.15, 0.2) is 152 Å². The van der Waals surface area contributed by atoms with Crippen LogP contribution in [0.4, 0.5) is 0 Å². The van der Waals surface area contributed by atoms with Crippen molar-refractivity contribution in [2.75, 3.05) is 0 Å². The van der Waals surface area contributed by atoms with Gasteiger partial charge in [-0.15, -0.1) is 22.7 Å². The van der Waals surface area contributed by atoms with Crippen LogP contribution in [0.2, 0.25) is 0 Å². The molecule has 0 aliphatic carbocycles. The summed E-state index contributed by atoms with van der Waals surface area (Å²) in [5.74, 6) is 0.733. The van der Waals surface area contributed by atoms with Gasteiger partial charge in [0.25, 0.3) is 0 Å². The molecular weight excluding hydrogens is 623 g/mol. The summed E-state index contributed by atoms with van der Waals surface area (Å²) in [7, 11) is 0. The smallest absolute Gasteiger partial charge is 0.161 e. The molecule has 4 aromatic heterocycles. The zero-order valence-corrected chi connectivity index (χ0v) is 27.2. The Hall–Kier alpha value is -5.75. The van der Waals surface area contributed by atoms with Crippen LogP contribution in [0, 0.1) is 0 Å². The second-order valence-corrected chi connectivity index (χ2v) is 14.1. The average Bonchev–Trinajstić information content (AvgIpc) is 3.74. The van der Waals surface area contributed by atoms with Crippen molar-refractivity contribution in [3.63, 3.8) is 0 Å². The number of aromatic nitrogens is 3. The molecule has 0 spiro atoms. The van der Waals surface area contributed by atoms with Crippen LogP contribution in [0.5, 0.6) is 0 Å². The normalized spacial score (nSPS) is 11.8. The number of nitrogens with zero attached hydrogens (tertiary/aromatic N) is 3. The molecule has 0 amide bonds. The number of para-hydroxylation sites is 1. The molecule has 0 aliphatic heterocycles. The third kappa shape index (κ3) is 4.36. The largest absolute Gasteiger partial charge is 0.247 e. The molecule has 0 radical (unpaired) electrons. The summed E-state index contributed by atoms with van der Waals surface area (Å²) in [5, 5.41) is 6.07. The number of hydrogen-bond donors (Lipinski definition) is 0. The van der Waals surface area contributed by atoms with Gasteiger partial charge in [0.1, 0.15) is 0 Å². The predicted octanol–water partition coefficient (Wildman–Crippen LogP) is 12.4. The molecule has 0 N–H and O–H groups in total. The maximum atomic E-state index is 5.30. The van der Waals surface area contributed by atoms with Gasteiger partial charge in [0.15, 0.2) is 5.82 Å². The molecule has 5 heteroatoms. The molecule has 10 aromatic rings. The zero-order valence-electron chi connectivity index (χ0n) is 25.6. The fraction of sp³-hybridized carbons (Fsp3) is 0. The molecule has 0 bridgehead atoms. The lowest BCUT2D eigenvalue weighted by atomic mass is 10.0. The molecule has 0 atom stereocenters. The molecule has 0 fully saturated rings. The van der Waals surface area contributed by atoms with E-state index in [-0.39, 0.29) is 0 Å². The monoisotopic (exact) mass is 647 g/mol. The first-order valence-corrected chi connectivity index (χ1v) is 17.6. The van der Waals surface area contributed by atoms with Crippen molar-refractivity contribution < 1.29 is 0 Å². The van der Waals surface area contributed by atoms with Crippen molar-refractivity contribution in [3.05, 3.63) is 152 Å². The van der Waals surface area contributed by atoms with E-state index < -0.39 is 0 Å². The summed E-state index contributed by atoms with van der Waals surface area (Å²) in [6, 6.07) is 53.4. The molecule has 224 valence electrons. The number of pyridine rings is 1. The Morgan fingerprint density at radius 3 is 1.88 bits per heavy atom. The van der Waals surface area contributed by atoms with Gasteiger partial charge >= 0.3 is 0 Å². The highest BCUT2D eigenvalue weighted by Gasteiger charge is 2.19. The van der Waals surface area contributed by atoms with Crippen molar-refractivity contribution in [2.24, 2.45) is 0 Å². The first-order valence-electron chi connectivity index (χ1n) is 15.9. The van der Waals surface area contributed by atoms with Gasteiger partial charge in [0.2, 0.25) is 0 Å². The van der Waals surface area contributed by atoms with E-state index in [1.165, 1.54) is 45.7 Å². The number of fused-ring (bicyclic) bond motifs is 8. The molecule has 10 rings (SSSR count). The fourth-order valence-electron chi connectivity index (χ4n) is 6.82. The number of benzene rings is 6. The minimum atomic E-state index is 0.733. The van der Waals surface area contributed by atoms with E-state index in [9.17, 15) is 0 Å². The van der Waals surface area contributed by atoms with Gasteiger partial charge < -0.3 is 0 Å². The van der Waals surface area contributed by atoms with Gasteiger partial charge in [0, 0.05) is 68.0 Å². The topological polar surface area (TPSA) is 38.7 Å². The second-order valence-electron chi connectivity index (χ2n) is 12.0. The molecular formula is C43H25N3S2. The molecule has 0 saturated heterocycles. The predicted molar refractivity (Wildman–Crippen MR) is 205 cm³/mol. The van der Waals surface area contributed by atoms with E-state index in [0.717, 1.165) is 50.7 Å². The SMILES string of the molecule is c1ccc(-c2cc(-c3ccc4sc5c6ccccc6nc(-c6ccccc6)c5c4c3)nc(-c3cccc4c3sc3ccccc34)n2)cc1. The molecule has 0 unspecified atom stereocenters. The Balaban J connectivity index is 1.24. The summed E-state index contributed by atoms with van der Waals surface area (Å²) in [6.07, 6.45) is 0. The van der Waals surface area contributed by atoms with Crippen LogP contribution in [0.1, 0.15) is 0 Å². The quantitative estimate of drug-likeness (QED) is 0.191. The van der Waals surface area contributed by atoms with Gasteiger partial charge in [0.05, 0.1) is 22.6 Å². The maximum Gasteiger partial charge on any atom is 0.161 e. The second kappa shape index (κ2) is 10.9. The highest BCUT2D eigenvalue weighted by Crippen LogP contribution is 2.44. The van der Waals surface area contributed by atoms with E-state index in [0.29, 0.717) is 0 Å². The van der Waals surface area contributed by atoms with E-state index in [2.05, 4.69) is 146 Å². The Morgan fingerprint density at radius 1 is 0.396 bits per heavy atom. The van der Waals surface area contributed by atoms with Crippen molar-refractivity contribution in [3.8, 4) is 45.2 Å². The van der Waals surface area contributed by atoms with Gasteiger partial charge in [-0.25, -0.2) is 15.0 Å². The van der Waals surface area contributed by atoms with Crippen LogP contribution >= 0.6 is 22.7 Å². The zero-order chi connectivity index (χ0) is 31.6. The lowest BCUT2D eigenvalue weighted by Crippen LogP contribution is -1.96. The lowest BCUT2D eigenvalue weighted by Gasteiger charge is -2.11. The highest BCUT2D eigenvalue weighted by atomic mass is 32.1. The van der Waals surface area contributed by atoms with Gasteiger partial charge in [-0.2, -0.15) is 0 Å². The molecule has 48 heavy (non-hydrogen) atoms. The molecule has 4 heterocycles. The summed E-state index contributed by atoms with van der Waals surface area (Å²) < 4.78 is 4.97. The maximum absolute atomic E-state index is 5.30. The molecule has 3 nitrogen and oxygen atoms in total. The fourth-order valence-corrected chi connectivity index (χ4v) is 9.25. The van der Waals surface area contributed by atoms with Crippen LogP contribution in [-0.4, -0.2) is 15.0 Å².